The maximum atomic E-state index is 12.4. The van der Waals surface area contributed by atoms with Crippen molar-refractivity contribution in [2.24, 2.45) is 0 Å². The lowest BCUT2D eigenvalue weighted by Gasteiger charge is -2.17. The van der Waals surface area contributed by atoms with E-state index >= 15 is 0 Å². The van der Waals surface area contributed by atoms with Crippen LogP contribution in [0.1, 0.15) is 55.5 Å². The van der Waals surface area contributed by atoms with Gasteiger partial charge in [0, 0.05) is 13.0 Å². The summed E-state index contributed by atoms with van der Waals surface area (Å²) in [6, 6.07) is 15.4. The SMILES string of the molecule is CCCCc1nc(Cl)c(C=O)n1Cc1ccc(-c2ccccc2-c2c(OC(C)C)c(=O)c2=O)cc1. The normalized spacial score (nSPS) is 11.3. The summed E-state index contributed by atoms with van der Waals surface area (Å²) < 4.78 is 7.50. The largest absolute Gasteiger partial charge is 0.486 e. The van der Waals surface area contributed by atoms with Crippen LogP contribution < -0.4 is 15.6 Å². The van der Waals surface area contributed by atoms with Gasteiger partial charge in [-0.1, -0.05) is 73.5 Å². The average Bonchev–Trinajstić information content (AvgIpc) is 3.16. The minimum atomic E-state index is -0.581. The number of nitrogens with zero attached hydrogens (tertiary/aromatic N) is 2. The predicted molar refractivity (Wildman–Crippen MR) is 138 cm³/mol. The molecule has 0 radical (unpaired) electrons. The summed E-state index contributed by atoms with van der Waals surface area (Å²) >= 11 is 6.20. The molecule has 0 N–H and O–H groups in total. The first kappa shape index (κ1) is 24.6. The molecule has 0 saturated heterocycles. The molecular formula is C28H27ClN2O4. The number of ether oxygens (including phenoxy) is 1. The third-order valence-electron chi connectivity index (χ3n) is 5.93. The van der Waals surface area contributed by atoms with Gasteiger partial charge in [-0.25, -0.2) is 4.98 Å². The van der Waals surface area contributed by atoms with Gasteiger partial charge in [0.25, 0.3) is 5.43 Å². The van der Waals surface area contributed by atoms with Crippen LogP contribution in [-0.4, -0.2) is 21.9 Å². The predicted octanol–water partition coefficient (Wildman–Crippen LogP) is 5.46. The van der Waals surface area contributed by atoms with E-state index in [-0.39, 0.29) is 17.0 Å². The van der Waals surface area contributed by atoms with Gasteiger partial charge in [-0.3, -0.25) is 14.4 Å². The summed E-state index contributed by atoms with van der Waals surface area (Å²) in [6.07, 6.45) is 3.26. The van der Waals surface area contributed by atoms with E-state index in [0.717, 1.165) is 48.1 Å². The summed E-state index contributed by atoms with van der Waals surface area (Å²) in [4.78, 5) is 40.6. The van der Waals surface area contributed by atoms with Gasteiger partial charge in [0.2, 0.25) is 5.43 Å². The molecule has 0 amide bonds. The molecule has 4 rings (SSSR count). The molecule has 0 unspecified atom stereocenters. The Morgan fingerprint density at radius 2 is 1.71 bits per heavy atom. The van der Waals surface area contributed by atoms with Crippen LogP contribution in [0, 0.1) is 0 Å². The number of hydrogen-bond acceptors (Lipinski definition) is 5. The first-order valence-electron chi connectivity index (χ1n) is 11.7. The number of carbonyl (C=O) groups excluding carboxylic acids is 1. The van der Waals surface area contributed by atoms with Crippen molar-refractivity contribution in [1.82, 2.24) is 9.55 Å². The Hall–Kier alpha value is -3.51. The van der Waals surface area contributed by atoms with Crippen molar-refractivity contribution in [2.75, 3.05) is 0 Å². The number of aldehydes is 1. The number of rotatable bonds is 10. The van der Waals surface area contributed by atoms with Crippen molar-refractivity contribution in [1.29, 1.82) is 0 Å². The zero-order valence-corrected chi connectivity index (χ0v) is 20.8. The summed E-state index contributed by atoms with van der Waals surface area (Å²) in [7, 11) is 0. The molecule has 7 heteroatoms. The number of halogens is 1. The highest BCUT2D eigenvalue weighted by atomic mass is 35.5. The van der Waals surface area contributed by atoms with E-state index in [1.54, 1.807) is 0 Å². The lowest BCUT2D eigenvalue weighted by Crippen LogP contribution is -2.35. The fourth-order valence-corrected chi connectivity index (χ4v) is 4.43. The molecule has 6 nitrogen and oxygen atoms in total. The lowest BCUT2D eigenvalue weighted by atomic mass is 9.91. The molecule has 35 heavy (non-hydrogen) atoms. The van der Waals surface area contributed by atoms with E-state index in [4.69, 9.17) is 16.3 Å². The molecule has 0 aliphatic heterocycles. The van der Waals surface area contributed by atoms with Crippen molar-refractivity contribution in [3.05, 3.63) is 91.2 Å². The molecule has 0 bridgehead atoms. The van der Waals surface area contributed by atoms with E-state index < -0.39 is 10.9 Å². The quantitative estimate of drug-likeness (QED) is 0.218. The number of carbonyl (C=O) groups is 1. The van der Waals surface area contributed by atoms with Crippen molar-refractivity contribution >= 4 is 17.9 Å². The van der Waals surface area contributed by atoms with Gasteiger partial charge in [0.1, 0.15) is 11.5 Å². The summed E-state index contributed by atoms with van der Waals surface area (Å²) in [5.74, 6) is 0.929. The third kappa shape index (κ3) is 4.84. The molecule has 0 fully saturated rings. The highest BCUT2D eigenvalue weighted by Gasteiger charge is 2.26. The molecule has 1 aromatic heterocycles. The van der Waals surface area contributed by atoms with Gasteiger partial charge < -0.3 is 9.30 Å². The molecule has 0 spiro atoms. The fraction of sp³-hybridized carbons (Fsp3) is 0.286. The molecule has 0 saturated carbocycles. The number of imidazole rings is 1. The first-order valence-corrected chi connectivity index (χ1v) is 12.1. The molecule has 0 atom stereocenters. The summed E-state index contributed by atoms with van der Waals surface area (Å²) in [6.45, 7) is 6.22. The molecule has 0 aliphatic rings. The van der Waals surface area contributed by atoms with E-state index in [1.807, 2.05) is 66.9 Å². The molecule has 1 heterocycles. The second kappa shape index (κ2) is 10.4. The Balaban J connectivity index is 1.67. The molecule has 3 aromatic carbocycles. The van der Waals surface area contributed by atoms with Crippen molar-refractivity contribution in [3.63, 3.8) is 0 Å². The maximum Gasteiger partial charge on any atom is 0.268 e. The highest BCUT2D eigenvalue weighted by Crippen LogP contribution is 2.35. The topological polar surface area (TPSA) is 78.3 Å². The average molecular weight is 491 g/mol. The molecular weight excluding hydrogens is 464 g/mol. The standard InChI is InChI=1S/C28H27ClN2O4/c1-4-5-10-23-30-28(29)22(16-32)31(23)15-18-11-13-19(14-12-18)20-8-6-7-9-21(20)24-25(33)26(34)27(24)35-17(2)3/h6-9,11-14,16-17H,4-5,10,15H2,1-3H3. The van der Waals surface area contributed by atoms with Crippen LogP contribution in [0.25, 0.3) is 22.3 Å². The van der Waals surface area contributed by atoms with Crippen LogP contribution in [0.4, 0.5) is 0 Å². The van der Waals surface area contributed by atoms with Crippen molar-refractivity contribution in [3.8, 4) is 28.0 Å². The minimum absolute atomic E-state index is 0.132. The minimum Gasteiger partial charge on any atom is -0.486 e. The zero-order valence-electron chi connectivity index (χ0n) is 20.0. The third-order valence-corrected chi connectivity index (χ3v) is 6.21. The Labute approximate surface area is 208 Å². The van der Waals surface area contributed by atoms with Crippen LogP contribution in [-0.2, 0) is 13.0 Å². The van der Waals surface area contributed by atoms with Gasteiger partial charge in [-0.2, -0.15) is 0 Å². The lowest BCUT2D eigenvalue weighted by molar-refractivity contribution is 0.111. The Bertz CT molecular complexity index is 1430. The summed E-state index contributed by atoms with van der Waals surface area (Å²) in [5.41, 5.74) is 3.00. The number of unbranched alkanes of at least 4 members (excludes halogenated alkanes) is 1. The number of aryl methyl sites for hydroxylation is 1. The van der Waals surface area contributed by atoms with Gasteiger partial charge in [0.05, 0.1) is 11.7 Å². The molecule has 180 valence electrons. The highest BCUT2D eigenvalue weighted by molar-refractivity contribution is 6.31. The van der Waals surface area contributed by atoms with Crippen molar-refractivity contribution in [2.45, 2.75) is 52.7 Å². The fourth-order valence-electron chi connectivity index (χ4n) is 4.18. The number of benzene rings is 2. The van der Waals surface area contributed by atoms with Crippen LogP contribution >= 0.6 is 11.6 Å². The van der Waals surface area contributed by atoms with E-state index in [9.17, 15) is 14.4 Å². The number of aromatic nitrogens is 2. The Morgan fingerprint density at radius 3 is 2.34 bits per heavy atom. The van der Waals surface area contributed by atoms with Gasteiger partial charge in [-0.05, 0) is 42.5 Å². The maximum absolute atomic E-state index is 12.4. The molecule has 4 aromatic rings. The Kier molecular flexibility index (Phi) is 7.31. The van der Waals surface area contributed by atoms with Gasteiger partial charge in [0.15, 0.2) is 17.2 Å². The van der Waals surface area contributed by atoms with Crippen molar-refractivity contribution < 1.29 is 9.53 Å². The smallest absolute Gasteiger partial charge is 0.268 e. The number of hydrogen-bond donors (Lipinski definition) is 0. The van der Waals surface area contributed by atoms with E-state index in [2.05, 4.69) is 11.9 Å². The van der Waals surface area contributed by atoms with Gasteiger partial charge >= 0.3 is 0 Å². The van der Waals surface area contributed by atoms with Crippen LogP contribution in [0.2, 0.25) is 5.15 Å². The molecule has 0 aliphatic carbocycles. The second-order valence-electron chi connectivity index (χ2n) is 8.78. The summed E-state index contributed by atoms with van der Waals surface area (Å²) in [5, 5.41) is 0.226. The van der Waals surface area contributed by atoms with Crippen LogP contribution in [0.15, 0.2) is 58.1 Å². The van der Waals surface area contributed by atoms with E-state index in [1.165, 1.54) is 0 Å². The van der Waals surface area contributed by atoms with Crippen LogP contribution in [0.3, 0.4) is 0 Å². The first-order chi connectivity index (χ1) is 16.8. The zero-order chi connectivity index (χ0) is 25.1. The van der Waals surface area contributed by atoms with E-state index in [0.29, 0.717) is 23.4 Å². The monoisotopic (exact) mass is 490 g/mol. The van der Waals surface area contributed by atoms with Gasteiger partial charge in [-0.15, -0.1) is 0 Å². The second-order valence-corrected chi connectivity index (χ2v) is 9.14. The van der Waals surface area contributed by atoms with Crippen LogP contribution in [0.5, 0.6) is 5.75 Å². The Morgan fingerprint density at radius 1 is 1.03 bits per heavy atom.